The molecule has 0 aromatic heterocycles. The van der Waals surface area contributed by atoms with Crippen LogP contribution in [0, 0.1) is 12.7 Å². The Morgan fingerprint density at radius 1 is 1.46 bits per heavy atom. The highest BCUT2D eigenvalue weighted by molar-refractivity contribution is 5.55. The van der Waals surface area contributed by atoms with E-state index in [0.29, 0.717) is 6.04 Å². The molecule has 2 rings (SSSR count). The molecule has 1 atom stereocenters. The molecule has 0 amide bonds. The standard InChI is InChI=1S/C11H14FN/c1-7-5-11-9(6-10(7)12)4-3-8(2)13-11/h5-6,8,13H,3-4H2,1-2H3. The van der Waals surface area contributed by atoms with Crippen molar-refractivity contribution in [2.75, 3.05) is 5.32 Å². The first-order chi connectivity index (χ1) is 6.16. The van der Waals surface area contributed by atoms with Crippen molar-refractivity contribution >= 4 is 5.69 Å². The number of hydrogen-bond acceptors (Lipinski definition) is 1. The molecule has 1 N–H and O–H groups in total. The quantitative estimate of drug-likeness (QED) is 0.645. The Labute approximate surface area is 78.0 Å². The van der Waals surface area contributed by atoms with Gasteiger partial charge in [-0.05, 0) is 49.9 Å². The normalized spacial score (nSPS) is 20.7. The SMILES string of the molecule is Cc1cc2c(cc1F)CCC(C)N2. The highest BCUT2D eigenvalue weighted by Gasteiger charge is 2.15. The van der Waals surface area contributed by atoms with Crippen LogP contribution in [0.25, 0.3) is 0 Å². The van der Waals surface area contributed by atoms with Crippen LogP contribution in [0.15, 0.2) is 12.1 Å². The van der Waals surface area contributed by atoms with Crippen LogP contribution >= 0.6 is 0 Å². The molecule has 0 spiro atoms. The molecular weight excluding hydrogens is 165 g/mol. The zero-order valence-electron chi connectivity index (χ0n) is 8.02. The molecule has 0 fully saturated rings. The minimum absolute atomic E-state index is 0.0879. The number of benzene rings is 1. The van der Waals surface area contributed by atoms with Crippen LogP contribution in [-0.4, -0.2) is 6.04 Å². The Bertz CT molecular complexity index is 333. The van der Waals surface area contributed by atoms with Crippen molar-refractivity contribution in [2.24, 2.45) is 0 Å². The topological polar surface area (TPSA) is 12.0 Å². The molecule has 0 aliphatic carbocycles. The van der Waals surface area contributed by atoms with Gasteiger partial charge in [0.1, 0.15) is 5.82 Å². The second kappa shape index (κ2) is 3.02. The van der Waals surface area contributed by atoms with Crippen molar-refractivity contribution in [3.8, 4) is 0 Å². The van der Waals surface area contributed by atoms with Gasteiger partial charge in [0.05, 0.1) is 0 Å². The number of anilines is 1. The zero-order chi connectivity index (χ0) is 9.42. The maximum atomic E-state index is 13.2. The molecule has 0 saturated heterocycles. The van der Waals surface area contributed by atoms with E-state index in [1.54, 1.807) is 13.0 Å². The van der Waals surface area contributed by atoms with Crippen molar-refractivity contribution < 1.29 is 4.39 Å². The summed E-state index contributed by atoms with van der Waals surface area (Å²) in [6.07, 6.45) is 2.08. The number of fused-ring (bicyclic) bond motifs is 1. The minimum atomic E-state index is -0.0879. The monoisotopic (exact) mass is 179 g/mol. The molecule has 0 bridgehead atoms. The summed E-state index contributed by atoms with van der Waals surface area (Å²) < 4.78 is 13.2. The summed E-state index contributed by atoms with van der Waals surface area (Å²) >= 11 is 0. The number of aryl methyl sites for hydroxylation is 2. The Balaban J connectivity index is 2.43. The van der Waals surface area contributed by atoms with Crippen LogP contribution in [0.4, 0.5) is 10.1 Å². The Morgan fingerprint density at radius 3 is 3.00 bits per heavy atom. The van der Waals surface area contributed by atoms with Crippen LogP contribution in [0.1, 0.15) is 24.5 Å². The fraction of sp³-hybridized carbons (Fsp3) is 0.455. The Morgan fingerprint density at radius 2 is 2.23 bits per heavy atom. The molecule has 1 nitrogen and oxygen atoms in total. The molecule has 1 aliphatic heterocycles. The van der Waals surface area contributed by atoms with Crippen LogP contribution in [0.5, 0.6) is 0 Å². The van der Waals surface area contributed by atoms with Crippen molar-refractivity contribution in [3.63, 3.8) is 0 Å². The largest absolute Gasteiger partial charge is 0.382 e. The molecule has 1 aromatic carbocycles. The molecule has 1 aromatic rings. The third kappa shape index (κ3) is 1.53. The van der Waals surface area contributed by atoms with Crippen molar-refractivity contribution in [3.05, 3.63) is 29.1 Å². The summed E-state index contributed by atoms with van der Waals surface area (Å²) in [5, 5.41) is 3.36. The van der Waals surface area contributed by atoms with Crippen LogP contribution in [0.2, 0.25) is 0 Å². The zero-order valence-corrected chi connectivity index (χ0v) is 8.02. The van der Waals surface area contributed by atoms with E-state index in [4.69, 9.17) is 0 Å². The first-order valence-electron chi connectivity index (χ1n) is 4.72. The van der Waals surface area contributed by atoms with Crippen molar-refractivity contribution in [1.82, 2.24) is 0 Å². The summed E-state index contributed by atoms with van der Waals surface area (Å²) in [7, 11) is 0. The first kappa shape index (κ1) is 8.54. The highest BCUT2D eigenvalue weighted by Crippen LogP contribution is 2.27. The smallest absolute Gasteiger partial charge is 0.126 e. The van der Waals surface area contributed by atoms with Gasteiger partial charge in [-0.25, -0.2) is 4.39 Å². The summed E-state index contributed by atoms with van der Waals surface area (Å²) in [5.41, 5.74) is 2.94. The maximum absolute atomic E-state index is 13.2. The average molecular weight is 179 g/mol. The van der Waals surface area contributed by atoms with E-state index in [-0.39, 0.29) is 5.82 Å². The number of halogens is 1. The summed E-state index contributed by atoms with van der Waals surface area (Å²) in [6.45, 7) is 3.96. The third-order valence-electron chi connectivity index (χ3n) is 2.63. The molecule has 1 unspecified atom stereocenters. The Hall–Kier alpha value is -1.05. The van der Waals surface area contributed by atoms with E-state index in [9.17, 15) is 4.39 Å². The van der Waals surface area contributed by atoms with Gasteiger partial charge in [-0.2, -0.15) is 0 Å². The predicted octanol–water partition coefficient (Wildman–Crippen LogP) is 2.88. The van der Waals surface area contributed by atoms with Crippen molar-refractivity contribution in [2.45, 2.75) is 32.7 Å². The summed E-state index contributed by atoms with van der Waals surface area (Å²) in [5.74, 6) is -0.0879. The van der Waals surface area contributed by atoms with E-state index in [0.717, 1.165) is 29.7 Å². The lowest BCUT2D eigenvalue weighted by atomic mass is 9.97. The fourth-order valence-corrected chi connectivity index (χ4v) is 1.77. The molecule has 70 valence electrons. The number of hydrogen-bond donors (Lipinski definition) is 1. The van der Waals surface area contributed by atoms with Gasteiger partial charge in [0.25, 0.3) is 0 Å². The molecular formula is C11H14FN. The average Bonchev–Trinajstić information content (AvgIpc) is 2.08. The molecule has 1 heterocycles. The van der Waals surface area contributed by atoms with Crippen LogP contribution < -0.4 is 5.32 Å². The van der Waals surface area contributed by atoms with Gasteiger partial charge >= 0.3 is 0 Å². The van der Waals surface area contributed by atoms with Gasteiger partial charge in [0.2, 0.25) is 0 Å². The van der Waals surface area contributed by atoms with Gasteiger partial charge in [-0.15, -0.1) is 0 Å². The van der Waals surface area contributed by atoms with E-state index in [1.165, 1.54) is 0 Å². The van der Waals surface area contributed by atoms with Crippen molar-refractivity contribution in [1.29, 1.82) is 0 Å². The lowest BCUT2D eigenvalue weighted by molar-refractivity contribution is 0.609. The lowest BCUT2D eigenvalue weighted by Gasteiger charge is -2.24. The molecule has 2 heteroatoms. The Kier molecular flexibility index (Phi) is 1.98. The second-order valence-electron chi connectivity index (χ2n) is 3.84. The van der Waals surface area contributed by atoms with Gasteiger partial charge < -0.3 is 5.32 Å². The van der Waals surface area contributed by atoms with Gasteiger partial charge in [0, 0.05) is 11.7 Å². The number of nitrogens with one attached hydrogen (secondary N) is 1. The molecule has 1 aliphatic rings. The van der Waals surface area contributed by atoms with E-state index in [2.05, 4.69) is 12.2 Å². The predicted molar refractivity (Wildman–Crippen MR) is 52.5 cm³/mol. The molecule has 0 saturated carbocycles. The molecule has 13 heavy (non-hydrogen) atoms. The lowest BCUT2D eigenvalue weighted by Crippen LogP contribution is -2.22. The summed E-state index contributed by atoms with van der Waals surface area (Å²) in [6, 6.07) is 4.07. The van der Waals surface area contributed by atoms with Gasteiger partial charge in [-0.1, -0.05) is 0 Å². The number of rotatable bonds is 0. The fourth-order valence-electron chi connectivity index (χ4n) is 1.77. The highest BCUT2D eigenvalue weighted by atomic mass is 19.1. The van der Waals surface area contributed by atoms with Crippen LogP contribution in [-0.2, 0) is 6.42 Å². The van der Waals surface area contributed by atoms with Crippen LogP contribution in [0.3, 0.4) is 0 Å². The third-order valence-corrected chi connectivity index (χ3v) is 2.63. The minimum Gasteiger partial charge on any atom is -0.382 e. The first-order valence-corrected chi connectivity index (χ1v) is 4.72. The van der Waals surface area contributed by atoms with E-state index in [1.807, 2.05) is 6.07 Å². The van der Waals surface area contributed by atoms with Gasteiger partial charge in [-0.3, -0.25) is 0 Å². The van der Waals surface area contributed by atoms with Gasteiger partial charge in [0.15, 0.2) is 0 Å². The van der Waals surface area contributed by atoms with E-state index < -0.39 is 0 Å². The maximum Gasteiger partial charge on any atom is 0.126 e. The van der Waals surface area contributed by atoms with E-state index >= 15 is 0 Å². The summed E-state index contributed by atoms with van der Waals surface area (Å²) in [4.78, 5) is 0. The second-order valence-corrected chi connectivity index (χ2v) is 3.84. The molecule has 0 radical (unpaired) electrons.